The van der Waals surface area contributed by atoms with Crippen molar-refractivity contribution in [1.29, 1.82) is 5.26 Å². The monoisotopic (exact) mass is 395 g/mol. The molecule has 0 N–H and O–H groups in total. The average Bonchev–Trinajstić information content (AvgIpc) is 3.18. The van der Waals surface area contributed by atoms with Gasteiger partial charge in [0, 0.05) is 43.3 Å². The number of hydrogen-bond donors (Lipinski definition) is 0. The minimum Gasteiger partial charge on any atom is -0.353 e. The fraction of sp³-hybridized carbons (Fsp3) is 0.250. The molecule has 5 nitrogen and oxygen atoms in total. The largest absolute Gasteiger partial charge is 0.353 e. The van der Waals surface area contributed by atoms with E-state index in [0.29, 0.717) is 10.6 Å². The summed E-state index contributed by atoms with van der Waals surface area (Å²) in [4.78, 5) is 13.7. The second kappa shape index (κ2) is 8.05. The van der Waals surface area contributed by atoms with E-state index in [1.54, 1.807) is 23.6 Å². The van der Waals surface area contributed by atoms with Gasteiger partial charge in [-0.25, -0.2) is 9.97 Å². The van der Waals surface area contributed by atoms with Crippen molar-refractivity contribution in [3.05, 3.63) is 63.6 Å². The minimum atomic E-state index is 0.486. The van der Waals surface area contributed by atoms with Crippen LogP contribution in [0.15, 0.2) is 48.0 Å². The zero-order chi connectivity index (χ0) is 18.6. The highest BCUT2D eigenvalue weighted by Gasteiger charge is 2.21. The zero-order valence-corrected chi connectivity index (χ0v) is 16.2. The number of rotatable bonds is 4. The van der Waals surface area contributed by atoms with Gasteiger partial charge in [0.25, 0.3) is 0 Å². The highest BCUT2D eigenvalue weighted by molar-refractivity contribution is 7.09. The van der Waals surface area contributed by atoms with E-state index in [2.05, 4.69) is 38.4 Å². The van der Waals surface area contributed by atoms with Gasteiger partial charge in [0.1, 0.15) is 16.9 Å². The quantitative estimate of drug-likeness (QED) is 0.667. The summed E-state index contributed by atoms with van der Waals surface area (Å²) >= 11 is 8.00. The number of pyridine rings is 1. The SMILES string of the molecule is N#Cc1cnc(N2CCN(Cc3nc(-c4ccccc4)cs3)CC2)c(Cl)c1. The maximum absolute atomic E-state index is 8.94. The molecule has 0 aliphatic carbocycles. The Balaban J connectivity index is 1.36. The molecule has 1 aliphatic rings. The molecule has 3 aromatic rings. The Bertz CT molecular complexity index is 958. The molecular formula is C20H18ClN5S. The number of anilines is 1. The number of nitriles is 1. The molecule has 0 amide bonds. The lowest BCUT2D eigenvalue weighted by Gasteiger charge is -2.35. The minimum absolute atomic E-state index is 0.486. The predicted molar refractivity (Wildman–Crippen MR) is 109 cm³/mol. The Hall–Kier alpha value is -2.46. The number of benzene rings is 1. The first-order valence-electron chi connectivity index (χ1n) is 8.76. The summed E-state index contributed by atoms with van der Waals surface area (Å²) in [5.74, 6) is 0.760. The molecule has 27 heavy (non-hydrogen) atoms. The topological polar surface area (TPSA) is 56.1 Å². The molecule has 0 atom stereocenters. The summed E-state index contributed by atoms with van der Waals surface area (Å²) in [6, 6.07) is 14.0. The Morgan fingerprint density at radius 1 is 1.15 bits per heavy atom. The second-order valence-electron chi connectivity index (χ2n) is 6.40. The summed E-state index contributed by atoms with van der Waals surface area (Å²) in [7, 11) is 0. The zero-order valence-electron chi connectivity index (χ0n) is 14.7. The van der Waals surface area contributed by atoms with E-state index in [0.717, 1.165) is 54.8 Å². The molecule has 1 aliphatic heterocycles. The van der Waals surface area contributed by atoms with Crippen LogP contribution in [0.3, 0.4) is 0 Å². The van der Waals surface area contributed by atoms with Crippen molar-refractivity contribution in [1.82, 2.24) is 14.9 Å². The molecule has 0 saturated carbocycles. The van der Waals surface area contributed by atoms with Gasteiger partial charge in [-0.15, -0.1) is 11.3 Å². The molecule has 1 aromatic carbocycles. The van der Waals surface area contributed by atoms with Gasteiger partial charge in [0.2, 0.25) is 0 Å². The predicted octanol–water partition coefficient (Wildman–Crippen LogP) is 4.05. The highest BCUT2D eigenvalue weighted by Crippen LogP contribution is 2.26. The Kier molecular flexibility index (Phi) is 5.35. The standard InChI is InChI=1S/C20H18ClN5S/c21-17-10-15(11-22)12-23-20(17)26-8-6-25(7-9-26)13-19-24-18(14-27-19)16-4-2-1-3-5-16/h1-5,10,12,14H,6-9,13H2. The van der Waals surface area contributed by atoms with E-state index < -0.39 is 0 Å². The smallest absolute Gasteiger partial charge is 0.147 e. The molecule has 0 radical (unpaired) electrons. The molecule has 3 heterocycles. The van der Waals surface area contributed by atoms with Gasteiger partial charge < -0.3 is 4.90 Å². The van der Waals surface area contributed by atoms with Crippen LogP contribution in [0.1, 0.15) is 10.6 Å². The molecule has 1 fully saturated rings. The molecule has 136 valence electrons. The van der Waals surface area contributed by atoms with E-state index in [9.17, 15) is 0 Å². The number of nitrogens with zero attached hydrogens (tertiary/aromatic N) is 5. The first-order chi connectivity index (χ1) is 13.2. The van der Waals surface area contributed by atoms with Gasteiger partial charge in [0.15, 0.2) is 0 Å². The van der Waals surface area contributed by atoms with Gasteiger partial charge in [0.05, 0.1) is 22.8 Å². The van der Waals surface area contributed by atoms with Crippen molar-refractivity contribution in [2.45, 2.75) is 6.54 Å². The Labute approximate surface area is 167 Å². The summed E-state index contributed by atoms with van der Waals surface area (Å²) < 4.78 is 0. The third kappa shape index (κ3) is 4.11. The maximum atomic E-state index is 8.94. The van der Waals surface area contributed by atoms with Crippen LogP contribution in [0.25, 0.3) is 11.3 Å². The van der Waals surface area contributed by atoms with Crippen LogP contribution >= 0.6 is 22.9 Å². The van der Waals surface area contributed by atoms with Crippen molar-refractivity contribution >= 4 is 28.8 Å². The summed E-state index contributed by atoms with van der Waals surface area (Å²) in [6.07, 6.45) is 1.58. The van der Waals surface area contributed by atoms with Crippen LogP contribution in [0, 0.1) is 11.3 Å². The molecule has 1 saturated heterocycles. The van der Waals surface area contributed by atoms with E-state index in [4.69, 9.17) is 21.8 Å². The first-order valence-corrected chi connectivity index (χ1v) is 10.0. The van der Waals surface area contributed by atoms with E-state index in [-0.39, 0.29) is 0 Å². The first kappa shape index (κ1) is 17.9. The number of piperazine rings is 1. The third-order valence-electron chi connectivity index (χ3n) is 4.60. The molecule has 0 spiro atoms. The fourth-order valence-electron chi connectivity index (χ4n) is 3.16. The lowest BCUT2D eigenvalue weighted by atomic mass is 10.2. The van der Waals surface area contributed by atoms with Crippen LogP contribution in [0.2, 0.25) is 5.02 Å². The molecule has 0 bridgehead atoms. The van der Waals surface area contributed by atoms with E-state index in [1.807, 2.05) is 18.2 Å². The van der Waals surface area contributed by atoms with Crippen molar-refractivity contribution < 1.29 is 0 Å². The Morgan fingerprint density at radius 2 is 1.93 bits per heavy atom. The van der Waals surface area contributed by atoms with Crippen LogP contribution in [-0.2, 0) is 6.54 Å². The average molecular weight is 396 g/mol. The molecule has 2 aromatic heterocycles. The van der Waals surface area contributed by atoms with Gasteiger partial charge in [-0.1, -0.05) is 41.9 Å². The lowest BCUT2D eigenvalue weighted by Crippen LogP contribution is -2.46. The van der Waals surface area contributed by atoms with E-state index in [1.165, 1.54) is 0 Å². The van der Waals surface area contributed by atoms with E-state index >= 15 is 0 Å². The second-order valence-corrected chi connectivity index (χ2v) is 7.75. The van der Waals surface area contributed by atoms with Gasteiger partial charge in [-0.2, -0.15) is 5.26 Å². The number of aromatic nitrogens is 2. The van der Waals surface area contributed by atoms with Crippen molar-refractivity contribution in [2.24, 2.45) is 0 Å². The maximum Gasteiger partial charge on any atom is 0.147 e. The number of hydrogen-bond acceptors (Lipinski definition) is 6. The molecule has 7 heteroatoms. The van der Waals surface area contributed by atoms with Crippen molar-refractivity contribution in [2.75, 3.05) is 31.1 Å². The van der Waals surface area contributed by atoms with Gasteiger partial charge in [-0.05, 0) is 6.07 Å². The lowest BCUT2D eigenvalue weighted by molar-refractivity contribution is 0.249. The molecule has 0 unspecified atom stereocenters. The fourth-order valence-corrected chi connectivity index (χ4v) is 4.29. The molecular weight excluding hydrogens is 378 g/mol. The third-order valence-corrected chi connectivity index (χ3v) is 5.71. The van der Waals surface area contributed by atoms with Crippen LogP contribution in [-0.4, -0.2) is 41.0 Å². The van der Waals surface area contributed by atoms with Gasteiger partial charge >= 0.3 is 0 Å². The normalized spacial score (nSPS) is 14.9. The molecule has 4 rings (SSSR count). The van der Waals surface area contributed by atoms with Crippen LogP contribution < -0.4 is 4.90 Å². The van der Waals surface area contributed by atoms with Crippen LogP contribution in [0.4, 0.5) is 5.82 Å². The van der Waals surface area contributed by atoms with Crippen molar-refractivity contribution in [3.63, 3.8) is 0 Å². The van der Waals surface area contributed by atoms with Crippen LogP contribution in [0.5, 0.6) is 0 Å². The Morgan fingerprint density at radius 3 is 2.63 bits per heavy atom. The number of halogens is 1. The summed E-state index contributed by atoms with van der Waals surface area (Å²) in [5, 5.41) is 12.7. The summed E-state index contributed by atoms with van der Waals surface area (Å²) in [5.41, 5.74) is 2.69. The van der Waals surface area contributed by atoms with Gasteiger partial charge in [-0.3, -0.25) is 4.90 Å². The summed E-state index contributed by atoms with van der Waals surface area (Å²) in [6.45, 7) is 4.43. The van der Waals surface area contributed by atoms with Crippen molar-refractivity contribution in [3.8, 4) is 17.3 Å². The number of thiazole rings is 1. The highest BCUT2D eigenvalue weighted by atomic mass is 35.5.